The van der Waals surface area contributed by atoms with Gasteiger partial charge in [0.2, 0.25) is 5.56 Å². The molecule has 0 saturated carbocycles. The molecule has 5 nitrogen and oxygen atoms in total. The Balaban J connectivity index is 2.77. The summed E-state index contributed by atoms with van der Waals surface area (Å²) in [5.41, 5.74) is 5.44. The van der Waals surface area contributed by atoms with E-state index in [0.29, 0.717) is 11.5 Å². The Morgan fingerprint density at radius 3 is 2.76 bits per heavy atom. The highest BCUT2D eigenvalue weighted by Gasteiger charge is 2.16. The van der Waals surface area contributed by atoms with Crippen molar-refractivity contribution < 1.29 is 4.79 Å². The van der Waals surface area contributed by atoms with Crippen molar-refractivity contribution in [1.82, 2.24) is 9.88 Å². The maximum atomic E-state index is 11.9. The number of hydrogen-bond acceptors (Lipinski definition) is 3. The maximum Gasteiger partial charge on any atom is 0.270 e. The maximum absolute atomic E-state index is 11.9. The SMILES string of the molecule is CC(CN(C)C(=O)c1cccc(=O)[nH]1)C(N)=S. The second kappa shape index (κ2) is 5.58. The molecule has 1 amide bonds. The van der Waals surface area contributed by atoms with E-state index in [1.807, 2.05) is 6.92 Å². The van der Waals surface area contributed by atoms with Gasteiger partial charge in [-0.25, -0.2) is 0 Å². The van der Waals surface area contributed by atoms with Gasteiger partial charge in [-0.05, 0) is 6.07 Å². The first-order valence-electron chi connectivity index (χ1n) is 5.16. The van der Waals surface area contributed by atoms with Crippen LogP contribution in [-0.2, 0) is 0 Å². The summed E-state index contributed by atoms with van der Waals surface area (Å²) in [5, 5.41) is 0. The summed E-state index contributed by atoms with van der Waals surface area (Å²) in [6.45, 7) is 2.27. The molecule has 1 atom stereocenters. The number of nitrogens with one attached hydrogen (secondary N) is 1. The fourth-order valence-corrected chi connectivity index (χ4v) is 1.44. The van der Waals surface area contributed by atoms with Crippen LogP contribution in [-0.4, -0.2) is 34.4 Å². The van der Waals surface area contributed by atoms with Gasteiger partial charge in [0.05, 0.1) is 4.99 Å². The number of thiocarbonyl (C=S) groups is 1. The minimum absolute atomic E-state index is 0.0608. The number of aromatic nitrogens is 1. The Morgan fingerprint density at radius 2 is 2.24 bits per heavy atom. The number of nitrogens with zero attached hydrogens (tertiary/aromatic N) is 1. The van der Waals surface area contributed by atoms with Crippen molar-refractivity contribution in [3.05, 3.63) is 34.2 Å². The number of amides is 1. The van der Waals surface area contributed by atoms with Gasteiger partial charge < -0.3 is 15.6 Å². The average molecular weight is 253 g/mol. The summed E-state index contributed by atoms with van der Waals surface area (Å²) < 4.78 is 0. The highest BCUT2D eigenvalue weighted by molar-refractivity contribution is 7.80. The van der Waals surface area contributed by atoms with Crippen LogP contribution in [0.25, 0.3) is 0 Å². The summed E-state index contributed by atoms with van der Waals surface area (Å²) in [6.07, 6.45) is 0. The number of carbonyl (C=O) groups excluding carboxylic acids is 1. The molecule has 1 aromatic rings. The van der Waals surface area contributed by atoms with Crippen LogP contribution in [0.5, 0.6) is 0 Å². The molecule has 0 aliphatic heterocycles. The smallest absolute Gasteiger partial charge is 0.270 e. The fraction of sp³-hybridized carbons (Fsp3) is 0.364. The molecule has 0 bridgehead atoms. The highest BCUT2D eigenvalue weighted by Crippen LogP contribution is 2.03. The van der Waals surface area contributed by atoms with E-state index in [0.717, 1.165) is 0 Å². The lowest BCUT2D eigenvalue weighted by Crippen LogP contribution is -2.36. The Morgan fingerprint density at radius 1 is 1.59 bits per heavy atom. The molecule has 3 N–H and O–H groups in total. The molecule has 6 heteroatoms. The lowest BCUT2D eigenvalue weighted by Gasteiger charge is -2.20. The number of H-pyrrole nitrogens is 1. The third kappa shape index (κ3) is 3.67. The predicted molar refractivity (Wildman–Crippen MR) is 70.0 cm³/mol. The molecule has 1 rings (SSSR count). The lowest BCUT2D eigenvalue weighted by molar-refractivity contribution is 0.0781. The molecule has 92 valence electrons. The summed E-state index contributed by atoms with van der Waals surface area (Å²) in [5.74, 6) is -0.319. The van der Waals surface area contributed by atoms with Gasteiger partial charge in [0.15, 0.2) is 0 Å². The van der Waals surface area contributed by atoms with Crippen molar-refractivity contribution in [1.29, 1.82) is 0 Å². The van der Waals surface area contributed by atoms with E-state index in [4.69, 9.17) is 18.0 Å². The number of hydrogen-bond donors (Lipinski definition) is 2. The highest BCUT2D eigenvalue weighted by atomic mass is 32.1. The summed E-state index contributed by atoms with van der Waals surface area (Å²) in [6, 6.07) is 4.46. The molecule has 0 saturated heterocycles. The molecular formula is C11H15N3O2S. The van der Waals surface area contributed by atoms with Crippen LogP contribution in [0.2, 0.25) is 0 Å². The van der Waals surface area contributed by atoms with E-state index in [9.17, 15) is 9.59 Å². The number of pyridine rings is 1. The number of carbonyl (C=O) groups is 1. The topological polar surface area (TPSA) is 79.2 Å². The van der Waals surface area contributed by atoms with Crippen molar-refractivity contribution in [3.8, 4) is 0 Å². The van der Waals surface area contributed by atoms with E-state index in [-0.39, 0.29) is 23.1 Å². The zero-order valence-electron chi connectivity index (χ0n) is 9.77. The van der Waals surface area contributed by atoms with Gasteiger partial charge in [0, 0.05) is 25.6 Å². The Hall–Kier alpha value is -1.69. The summed E-state index contributed by atoms with van der Waals surface area (Å²) >= 11 is 4.84. The molecule has 1 aromatic heterocycles. The van der Waals surface area contributed by atoms with Crippen LogP contribution in [0.4, 0.5) is 0 Å². The van der Waals surface area contributed by atoms with Gasteiger partial charge in [0.25, 0.3) is 5.91 Å². The molecule has 0 fully saturated rings. The third-order valence-corrected chi connectivity index (χ3v) is 2.78. The molecule has 0 aromatic carbocycles. The van der Waals surface area contributed by atoms with Crippen LogP contribution in [0.3, 0.4) is 0 Å². The van der Waals surface area contributed by atoms with E-state index < -0.39 is 0 Å². The number of nitrogens with two attached hydrogens (primary N) is 1. The van der Waals surface area contributed by atoms with Crippen molar-refractivity contribution >= 4 is 23.1 Å². The Bertz CT molecular complexity index is 484. The van der Waals surface area contributed by atoms with Crippen LogP contribution in [0.15, 0.2) is 23.0 Å². The van der Waals surface area contributed by atoms with Gasteiger partial charge in [-0.1, -0.05) is 25.2 Å². The van der Waals surface area contributed by atoms with Gasteiger partial charge in [-0.2, -0.15) is 0 Å². The number of aromatic amines is 1. The summed E-state index contributed by atoms with van der Waals surface area (Å²) in [7, 11) is 1.64. The standard InChI is InChI=1S/C11H15N3O2S/c1-7(10(12)17)6-14(2)11(16)8-4-3-5-9(15)13-8/h3-5,7H,6H2,1-2H3,(H2,12,17)(H,13,15). The second-order valence-electron chi connectivity index (χ2n) is 3.92. The molecule has 0 radical (unpaired) electrons. The molecule has 1 unspecified atom stereocenters. The van der Waals surface area contributed by atoms with E-state index in [2.05, 4.69) is 4.98 Å². The molecule has 0 aliphatic carbocycles. The summed E-state index contributed by atoms with van der Waals surface area (Å²) in [4.78, 5) is 27.3. The average Bonchev–Trinajstić information content (AvgIpc) is 2.27. The molecule has 0 aliphatic rings. The minimum atomic E-state index is -0.299. The zero-order valence-corrected chi connectivity index (χ0v) is 10.6. The second-order valence-corrected chi connectivity index (χ2v) is 4.39. The molecule has 1 heterocycles. The lowest BCUT2D eigenvalue weighted by atomic mass is 10.1. The van der Waals surface area contributed by atoms with E-state index in [1.54, 1.807) is 13.1 Å². The van der Waals surface area contributed by atoms with Gasteiger partial charge in [-0.15, -0.1) is 0 Å². The zero-order chi connectivity index (χ0) is 13.0. The van der Waals surface area contributed by atoms with Gasteiger partial charge in [0.1, 0.15) is 5.69 Å². The van der Waals surface area contributed by atoms with Crippen molar-refractivity contribution in [3.63, 3.8) is 0 Å². The normalized spacial score (nSPS) is 11.9. The Kier molecular flexibility index (Phi) is 4.39. The first-order chi connectivity index (χ1) is 7.91. The van der Waals surface area contributed by atoms with Gasteiger partial charge >= 0.3 is 0 Å². The van der Waals surface area contributed by atoms with Gasteiger partial charge in [-0.3, -0.25) is 9.59 Å². The van der Waals surface area contributed by atoms with Crippen LogP contribution in [0.1, 0.15) is 17.4 Å². The molecule has 0 spiro atoms. The van der Waals surface area contributed by atoms with Crippen molar-refractivity contribution in [2.45, 2.75) is 6.92 Å². The first kappa shape index (κ1) is 13.4. The first-order valence-corrected chi connectivity index (χ1v) is 5.56. The predicted octanol–water partition coefficient (Wildman–Crippen LogP) is 0.369. The van der Waals surface area contributed by atoms with Crippen molar-refractivity contribution in [2.75, 3.05) is 13.6 Å². The minimum Gasteiger partial charge on any atom is -0.393 e. The largest absolute Gasteiger partial charge is 0.393 e. The fourth-order valence-electron chi connectivity index (χ4n) is 1.36. The quantitative estimate of drug-likeness (QED) is 0.760. The number of rotatable bonds is 4. The Labute approximate surface area is 105 Å². The van der Waals surface area contributed by atoms with Crippen LogP contribution < -0.4 is 11.3 Å². The molecule has 17 heavy (non-hydrogen) atoms. The third-order valence-electron chi connectivity index (χ3n) is 2.38. The van der Waals surface area contributed by atoms with Crippen LogP contribution >= 0.6 is 12.2 Å². The van der Waals surface area contributed by atoms with Crippen LogP contribution in [0, 0.1) is 5.92 Å². The van der Waals surface area contributed by atoms with Crippen molar-refractivity contribution in [2.24, 2.45) is 11.7 Å². The monoisotopic (exact) mass is 253 g/mol. The molecular weight excluding hydrogens is 238 g/mol. The van der Waals surface area contributed by atoms with E-state index >= 15 is 0 Å². The van der Waals surface area contributed by atoms with E-state index in [1.165, 1.54) is 17.0 Å².